The van der Waals surface area contributed by atoms with E-state index in [4.69, 9.17) is 16.3 Å². The van der Waals surface area contributed by atoms with Crippen LogP contribution in [-0.2, 0) is 0 Å². The Balaban J connectivity index is 1.82. The standard InChI is InChI=1S/C17H12ClNO/c18-14-5-3-9-19-17(14)11-7-8-16-13(10-11)12-4-1-2-6-15(12)20-16/h1-10,12,15H/t12-,15?/m0/s1. The third kappa shape index (κ3) is 1.76. The molecule has 0 spiro atoms. The number of benzene rings is 1. The Bertz CT molecular complexity index is 736. The van der Waals surface area contributed by atoms with Crippen molar-refractivity contribution in [3.63, 3.8) is 0 Å². The van der Waals surface area contributed by atoms with Crippen LogP contribution in [0.25, 0.3) is 11.3 Å². The highest BCUT2D eigenvalue weighted by molar-refractivity contribution is 6.33. The average molecular weight is 282 g/mol. The Morgan fingerprint density at radius 3 is 2.90 bits per heavy atom. The van der Waals surface area contributed by atoms with E-state index >= 15 is 0 Å². The summed E-state index contributed by atoms with van der Waals surface area (Å²) >= 11 is 6.23. The molecule has 2 heterocycles. The van der Waals surface area contributed by atoms with Crippen molar-refractivity contribution in [1.82, 2.24) is 4.98 Å². The van der Waals surface area contributed by atoms with Crippen molar-refractivity contribution in [3.8, 4) is 17.0 Å². The Hall–Kier alpha value is -2.06. The third-order valence-corrected chi connectivity index (χ3v) is 4.05. The molecule has 2 aromatic rings. The number of fused-ring (bicyclic) bond motifs is 3. The van der Waals surface area contributed by atoms with E-state index in [9.17, 15) is 0 Å². The van der Waals surface area contributed by atoms with E-state index in [2.05, 4.69) is 29.3 Å². The van der Waals surface area contributed by atoms with Crippen LogP contribution in [0.2, 0.25) is 5.02 Å². The molecule has 1 aliphatic carbocycles. The number of hydrogen-bond donors (Lipinski definition) is 0. The molecular weight excluding hydrogens is 270 g/mol. The van der Waals surface area contributed by atoms with Gasteiger partial charge in [-0.3, -0.25) is 4.98 Å². The largest absolute Gasteiger partial charge is 0.485 e. The van der Waals surface area contributed by atoms with E-state index in [0.29, 0.717) is 5.02 Å². The second-order valence-corrected chi connectivity index (χ2v) is 5.37. The summed E-state index contributed by atoms with van der Waals surface area (Å²) in [4.78, 5) is 4.37. The van der Waals surface area contributed by atoms with E-state index < -0.39 is 0 Å². The first kappa shape index (κ1) is 11.7. The van der Waals surface area contributed by atoms with E-state index in [-0.39, 0.29) is 12.0 Å². The summed E-state index contributed by atoms with van der Waals surface area (Å²) in [5.41, 5.74) is 3.05. The summed E-state index contributed by atoms with van der Waals surface area (Å²) in [7, 11) is 0. The number of halogens is 1. The lowest BCUT2D eigenvalue weighted by molar-refractivity contribution is 0.269. The zero-order chi connectivity index (χ0) is 13.5. The summed E-state index contributed by atoms with van der Waals surface area (Å²) in [6.07, 6.45) is 10.3. The summed E-state index contributed by atoms with van der Waals surface area (Å²) in [5.74, 6) is 1.24. The molecule has 0 amide bonds. The monoisotopic (exact) mass is 281 g/mol. The normalized spacial score (nSPS) is 22.2. The van der Waals surface area contributed by atoms with Crippen LogP contribution in [0.3, 0.4) is 0 Å². The number of aromatic nitrogens is 1. The molecule has 1 aromatic carbocycles. The van der Waals surface area contributed by atoms with Gasteiger partial charge >= 0.3 is 0 Å². The first-order valence-electron chi connectivity index (χ1n) is 6.59. The Morgan fingerprint density at radius 1 is 1.10 bits per heavy atom. The van der Waals surface area contributed by atoms with Gasteiger partial charge in [-0.15, -0.1) is 0 Å². The average Bonchev–Trinajstić information content (AvgIpc) is 2.85. The van der Waals surface area contributed by atoms with Gasteiger partial charge in [-0.2, -0.15) is 0 Å². The number of allylic oxidation sites excluding steroid dienone is 2. The zero-order valence-corrected chi connectivity index (χ0v) is 11.4. The molecule has 0 bridgehead atoms. The summed E-state index contributed by atoms with van der Waals surface area (Å²) in [5, 5.41) is 0.669. The van der Waals surface area contributed by atoms with Crippen molar-refractivity contribution in [2.45, 2.75) is 12.0 Å². The highest BCUT2D eigenvalue weighted by Crippen LogP contribution is 2.43. The first-order valence-corrected chi connectivity index (χ1v) is 6.97. The Labute approximate surface area is 122 Å². The third-order valence-electron chi connectivity index (χ3n) is 3.75. The Morgan fingerprint density at radius 2 is 2.00 bits per heavy atom. The molecule has 20 heavy (non-hydrogen) atoms. The molecule has 98 valence electrons. The number of nitrogens with zero attached hydrogens (tertiary/aromatic N) is 1. The Kier molecular flexibility index (Phi) is 2.64. The van der Waals surface area contributed by atoms with E-state index in [1.165, 1.54) is 5.56 Å². The fraction of sp³-hybridized carbons (Fsp3) is 0.118. The number of ether oxygens (including phenoxy) is 1. The quantitative estimate of drug-likeness (QED) is 0.774. The first-order chi connectivity index (χ1) is 9.83. The van der Waals surface area contributed by atoms with Crippen LogP contribution in [0.5, 0.6) is 5.75 Å². The molecule has 0 saturated heterocycles. The fourth-order valence-electron chi connectivity index (χ4n) is 2.79. The minimum absolute atomic E-state index is 0.115. The van der Waals surface area contributed by atoms with Gasteiger partial charge in [0.05, 0.1) is 10.7 Å². The molecule has 3 heteroatoms. The van der Waals surface area contributed by atoms with Crippen molar-refractivity contribution in [3.05, 3.63) is 71.4 Å². The van der Waals surface area contributed by atoms with Crippen molar-refractivity contribution in [2.24, 2.45) is 0 Å². The molecule has 0 fully saturated rings. The second kappa shape index (κ2) is 4.50. The summed E-state index contributed by atoms with van der Waals surface area (Å²) in [6, 6.07) is 9.86. The maximum absolute atomic E-state index is 6.23. The smallest absolute Gasteiger partial charge is 0.128 e. The van der Waals surface area contributed by atoms with Gasteiger partial charge in [-0.1, -0.05) is 29.8 Å². The van der Waals surface area contributed by atoms with Crippen LogP contribution in [0, 0.1) is 0 Å². The molecule has 4 rings (SSSR count). The number of hydrogen-bond acceptors (Lipinski definition) is 2. The topological polar surface area (TPSA) is 22.1 Å². The summed E-state index contributed by atoms with van der Waals surface area (Å²) < 4.78 is 5.94. The minimum atomic E-state index is 0.115. The van der Waals surface area contributed by atoms with Gasteiger partial charge in [-0.25, -0.2) is 0 Å². The fourth-order valence-corrected chi connectivity index (χ4v) is 3.02. The molecule has 1 aliphatic heterocycles. The minimum Gasteiger partial charge on any atom is -0.485 e. The predicted molar refractivity (Wildman–Crippen MR) is 80.1 cm³/mol. The lowest BCUT2D eigenvalue weighted by atomic mass is 9.91. The van der Waals surface area contributed by atoms with Crippen molar-refractivity contribution >= 4 is 11.6 Å². The van der Waals surface area contributed by atoms with Crippen molar-refractivity contribution < 1.29 is 4.74 Å². The molecule has 1 aromatic heterocycles. The van der Waals surface area contributed by atoms with E-state index in [1.54, 1.807) is 6.20 Å². The van der Waals surface area contributed by atoms with Crippen molar-refractivity contribution in [2.75, 3.05) is 0 Å². The molecule has 1 unspecified atom stereocenters. The van der Waals surface area contributed by atoms with Crippen LogP contribution in [0.4, 0.5) is 0 Å². The summed E-state index contributed by atoms with van der Waals surface area (Å²) in [6.45, 7) is 0. The van der Waals surface area contributed by atoms with E-state index in [0.717, 1.165) is 17.0 Å². The van der Waals surface area contributed by atoms with Gasteiger partial charge < -0.3 is 4.74 Å². The van der Waals surface area contributed by atoms with E-state index in [1.807, 2.05) is 30.3 Å². The van der Waals surface area contributed by atoms with Crippen LogP contribution in [0.1, 0.15) is 11.5 Å². The van der Waals surface area contributed by atoms with Gasteiger partial charge in [0.25, 0.3) is 0 Å². The van der Waals surface area contributed by atoms with Crippen LogP contribution >= 0.6 is 11.6 Å². The van der Waals surface area contributed by atoms with Crippen LogP contribution in [0.15, 0.2) is 60.8 Å². The van der Waals surface area contributed by atoms with Gasteiger partial charge in [0.1, 0.15) is 11.9 Å². The van der Waals surface area contributed by atoms with Gasteiger partial charge in [0.2, 0.25) is 0 Å². The number of rotatable bonds is 1. The molecule has 0 saturated carbocycles. The maximum Gasteiger partial charge on any atom is 0.128 e. The molecule has 0 N–H and O–H groups in total. The zero-order valence-electron chi connectivity index (χ0n) is 10.7. The molecule has 2 atom stereocenters. The molecule has 2 aliphatic rings. The van der Waals surface area contributed by atoms with Crippen LogP contribution < -0.4 is 4.74 Å². The highest BCUT2D eigenvalue weighted by atomic mass is 35.5. The molecular formula is C17H12ClNO. The lowest BCUT2D eigenvalue weighted by Gasteiger charge is -2.14. The van der Waals surface area contributed by atoms with Gasteiger partial charge in [-0.05, 0) is 36.4 Å². The lowest BCUT2D eigenvalue weighted by Crippen LogP contribution is -2.15. The number of pyridine rings is 1. The molecule has 2 nitrogen and oxygen atoms in total. The van der Waals surface area contributed by atoms with Crippen LogP contribution in [-0.4, -0.2) is 11.1 Å². The highest BCUT2D eigenvalue weighted by Gasteiger charge is 2.32. The second-order valence-electron chi connectivity index (χ2n) is 4.96. The molecule has 0 radical (unpaired) electrons. The van der Waals surface area contributed by atoms with Gasteiger partial charge in [0.15, 0.2) is 0 Å². The van der Waals surface area contributed by atoms with Crippen molar-refractivity contribution in [1.29, 1.82) is 0 Å². The van der Waals surface area contributed by atoms with Gasteiger partial charge in [0, 0.05) is 23.2 Å². The SMILES string of the molecule is Clc1cccnc1-c1ccc2c(c1)[C@@H]1C=CC=CC1O2. The predicted octanol–water partition coefficient (Wildman–Crippen LogP) is 4.37. The maximum atomic E-state index is 6.23.